The van der Waals surface area contributed by atoms with Gasteiger partial charge in [-0.05, 0) is 29.8 Å². The first-order chi connectivity index (χ1) is 7.59. The van der Waals surface area contributed by atoms with Crippen LogP contribution in [0.25, 0.3) is 0 Å². The Kier molecular flexibility index (Phi) is 2.75. The Balaban J connectivity index is 2.38. The van der Waals surface area contributed by atoms with Crippen molar-refractivity contribution < 1.29 is 13.9 Å². The van der Waals surface area contributed by atoms with Crippen LogP contribution in [0.3, 0.4) is 0 Å². The molecule has 0 aliphatic heterocycles. The molecule has 1 aromatic heterocycles. The maximum Gasteiger partial charge on any atom is 0.159 e. The molecule has 1 atom stereocenters. The summed E-state index contributed by atoms with van der Waals surface area (Å²) in [4.78, 5) is 0. The quantitative estimate of drug-likeness (QED) is 0.830. The van der Waals surface area contributed by atoms with E-state index < -0.39 is 17.7 Å². The molecule has 2 rings (SSSR count). The predicted octanol–water partition coefficient (Wildman–Crippen LogP) is 2.39. The lowest BCUT2D eigenvalue weighted by Gasteiger charge is -2.12. The second kappa shape index (κ2) is 4.06. The fraction of sp³-hybridized carbons (Fsp3) is 0.167. The molecular weight excluding hydrogens is 212 g/mol. The van der Waals surface area contributed by atoms with Gasteiger partial charge >= 0.3 is 0 Å². The number of hydrogen-bond donors (Lipinski definition) is 1. The van der Waals surface area contributed by atoms with E-state index in [4.69, 9.17) is 0 Å². The first-order valence-electron chi connectivity index (χ1n) is 4.84. The largest absolute Gasteiger partial charge is 0.382 e. The summed E-state index contributed by atoms with van der Waals surface area (Å²) in [6.07, 6.45) is 0.827. The summed E-state index contributed by atoms with van der Waals surface area (Å²) in [5.74, 6) is -1.87. The van der Waals surface area contributed by atoms with E-state index in [1.165, 1.54) is 6.07 Å². The molecule has 0 bridgehead atoms. The molecule has 0 spiro atoms. The van der Waals surface area contributed by atoms with E-state index in [2.05, 4.69) is 0 Å². The van der Waals surface area contributed by atoms with Crippen molar-refractivity contribution in [3.8, 4) is 0 Å². The van der Waals surface area contributed by atoms with E-state index in [0.717, 1.165) is 12.1 Å². The molecule has 4 heteroatoms. The number of nitrogens with zero attached hydrogens (tertiary/aromatic N) is 1. The van der Waals surface area contributed by atoms with Crippen LogP contribution in [0.2, 0.25) is 0 Å². The maximum atomic E-state index is 13.0. The number of aliphatic hydroxyl groups is 1. The fourth-order valence-electron chi connectivity index (χ4n) is 1.61. The molecule has 2 aromatic rings. The summed E-state index contributed by atoms with van der Waals surface area (Å²) in [6.45, 7) is 0. The average Bonchev–Trinajstić information content (AvgIpc) is 2.67. The van der Waals surface area contributed by atoms with E-state index in [9.17, 15) is 13.9 Å². The lowest BCUT2D eigenvalue weighted by molar-refractivity contribution is 0.211. The van der Waals surface area contributed by atoms with Gasteiger partial charge in [0.15, 0.2) is 11.6 Å². The number of halogens is 2. The van der Waals surface area contributed by atoms with Crippen molar-refractivity contribution in [2.24, 2.45) is 7.05 Å². The highest BCUT2D eigenvalue weighted by Crippen LogP contribution is 2.23. The maximum absolute atomic E-state index is 13.0. The lowest BCUT2D eigenvalue weighted by atomic mass is 10.1. The van der Waals surface area contributed by atoms with Crippen molar-refractivity contribution in [1.82, 2.24) is 4.57 Å². The first kappa shape index (κ1) is 10.8. The molecule has 0 radical (unpaired) electrons. The summed E-state index contributed by atoms with van der Waals surface area (Å²) in [6, 6.07) is 6.89. The number of rotatable bonds is 2. The van der Waals surface area contributed by atoms with Gasteiger partial charge in [-0.15, -0.1) is 0 Å². The van der Waals surface area contributed by atoms with Crippen LogP contribution in [0, 0.1) is 11.6 Å². The minimum Gasteiger partial charge on any atom is -0.382 e. The molecule has 16 heavy (non-hydrogen) atoms. The molecule has 2 nitrogen and oxygen atoms in total. The van der Waals surface area contributed by atoms with E-state index in [1.807, 2.05) is 0 Å². The molecule has 1 N–H and O–H groups in total. The molecule has 84 valence electrons. The van der Waals surface area contributed by atoms with Gasteiger partial charge < -0.3 is 9.67 Å². The third-order valence-corrected chi connectivity index (χ3v) is 2.52. The average molecular weight is 223 g/mol. The van der Waals surface area contributed by atoms with Gasteiger partial charge in [-0.25, -0.2) is 8.78 Å². The lowest BCUT2D eigenvalue weighted by Crippen LogP contribution is -2.05. The van der Waals surface area contributed by atoms with Crippen LogP contribution in [0.1, 0.15) is 17.4 Å². The zero-order chi connectivity index (χ0) is 11.7. The number of hydrogen-bond acceptors (Lipinski definition) is 1. The summed E-state index contributed by atoms with van der Waals surface area (Å²) >= 11 is 0. The second-order valence-corrected chi connectivity index (χ2v) is 3.62. The van der Waals surface area contributed by atoms with Crippen molar-refractivity contribution in [3.63, 3.8) is 0 Å². The Morgan fingerprint density at radius 3 is 2.50 bits per heavy atom. The summed E-state index contributed by atoms with van der Waals surface area (Å²) in [7, 11) is 1.78. The smallest absolute Gasteiger partial charge is 0.159 e. The molecule has 0 amide bonds. The standard InChI is InChI=1S/C12H11F2NO/c1-15-6-2-3-11(15)12(16)8-4-5-9(13)10(14)7-8/h2-7,12,16H,1H3/t12-/m1/s1. The van der Waals surface area contributed by atoms with Gasteiger partial charge in [0.2, 0.25) is 0 Å². The molecular formula is C12H11F2NO. The minimum absolute atomic E-state index is 0.334. The Morgan fingerprint density at radius 1 is 1.19 bits per heavy atom. The number of aromatic nitrogens is 1. The van der Waals surface area contributed by atoms with Crippen molar-refractivity contribution in [1.29, 1.82) is 0 Å². The van der Waals surface area contributed by atoms with E-state index in [1.54, 1.807) is 29.9 Å². The topological polar surface area (TPSA) is 25.2 Å². The van der Waals surface area contributed by atoms with Crippen LogP contribution in [-0.2, 0) is 7.05 Å². The monoisotopic (exact) mass is 223 g/mol. The summed E-state index contributed by atoms with van der Waals surface area (Å²) < 4.78 is 27.4. The highest BCUT2D eigenvalue weighted by atomic mass is 19.2. The molecule has 0 aliphatic rings. The number of benzene rings is 1. The van der Waals surface area contributed by atoms with Crippen LogP contribution in [-0.4, -0.2) is 9.67 Å². The minimum atomic E-state index is -0.953. The van der Waals surface area contributed by atoms with Gasteiger partial charge in [0.05, 0.1) is 5.69 Å². The number of aliphatic hydroxyl groups excluding tert-OH is 1. The van der Waals surface area contributed by atoms with Gasteiger partial charge in [-0.1, -0.05) is 6.07 Å². The Hall–Kier alpha value is -1.68. The highest BCUT2D eigenvalue weighted by molar-refractivity contribution is 5.27. The first-order valence-corrected chi connectivity index (χ1v) is 4.84. The van der Waals surface area contributed by atoms with Crippen molar-refractivity contribution >= 4 is 0 Å². The van der Waals surface area contributed by atoms with Crippen LogP contribution >= 0.6 is 0 Å². The molecule has 0 aliphatic carbocycles. The van der Waals surface area contributed by atoms with Crippen molar-refractivity contribution in [3.05, 3.63) is 59.4 Å². The highest BCUT2D eigenvalue weighted by Gasteiger charge is 2.14. The molecule has 1 aromatic carbocycles. The summed E-state index contributed by atoms with van der Waals surface area (Å²) in [5.41, 5.74) is 0.965. The van der Waals surface area contributed by atoms with Crippen LogP contribution in [0.15, 0.2) is 36.5 Å². The second-order valence-electron chi connectivity index (χ2n) is 3.62. The zero-order valence-corrected chi connectivity index (χ0v) is 8.69. The Labute approximate surface area is 91.8 Å². The predicted molar refractivity (Wildman–Crippen MR) is 55.8 cm³/mol. The molecule has 0 unspecified atom stereocenters. The van der Waals surface area contributed by atoms with Gasteiger partial charge in [-0.2, -0.15) is 0 Å². The van der Waals surface area contributed by atoms with Gasteiger partial charge in [-0.3, -0.25) is 0 Å². The normalized spacial score (nSPS) is 12.8. The fourth-order valence-corrected chi connectivity index (χ4v) is 1.61. The molecule has 0 fully saturated rings. The van der Waals surface area contributed by atoms with Gasteiger partial charge in [0, 0.05) is 13.2 Å². The van der Waals surface area contributed by atoms with Crippen LogP contribution in [0.5, 0.6) is 0 Å². The van der Waals surface area contributed by atoms with Gasteiger partial charge in [0.25, 0.3) is 0 Å². The van der Waals surface area contributed by atoms with Crippen molar-refractivity contribution in [2.75, 3.05) is 0 Å². The molecule has 0 saturated heterocycles. The molecule has 1 heterocycles. The third kappa shape index (κ3) is 1.84. The van der Waals surface area contributed by atoms with E-state index in [0.29, 0.717) is 11.3 Å². The summed E-state index contributed by atoms with van der Waals surface area (Å²) in [5, 5.41) is 9.97. The SMILES string of the molecule is Cn1cccc1[C@H](O)c1ccc(F)c(F)c1. The Morgan fingerprint density at radius 2 is 1.94 bits per heavy atom. The van der Waals surface area contributed by atoms with Crippen LogP contribution in [0.4, 0.5) is 8.78 Å². The van der Waals surface area contributed by atoms with Gasteiger partial charge in [0.1, 0.15) is 6.10 Å². The van der Waals surface area contributed by atoms with E-state index >= 15 is 0 Å². The Bertz CT molecular complexity index is 507. The van der Waals surface area contributed by atoms with E-state index in [-0.39, 0.29) is 0 Å². The van der Waals surface area contributed by atoms with Crippen LogP contribution < -0.4 is 0 Å². The number of aryl methyl sites for hydroxylation is 1. The third-order valence-electron chi connectivity index (χ3n) is 2.52. The van der Waals surface area contributed by atoms with Crippen molar-refractivity contribution in [2.45, 2.75) is 6.10 Å². The molecule has 0 saturated carbocycles. The zero-order valence-electron chi connectivity index (χ0n) is 8.69.